The number of hydrogen-bond donors (Lipinski definition) is 2. The first-order valence-electron chi connectivity index (χ1n) is 9.85. The zero-order valence-electron chi connectivity index (χ0n) is 15.6. The number of aromatic nitrogens is 1. The Morgan fingerprint density at radius 1 is 0.963 bits per heavy atom. The van der Waals surface area contributed by atoms with Crippen molar-refractivity contribution < 1.29 is 4.39 Å². The van der Waals surface area contributed by atoms with Gasteiger partial charge in [0.25, 0.3) is 0 Å². The maximum Gasteiger partial charge on any atom is 0.123 e. The molecule has 2 N–H and O–H groups in total. The number of hydrogen-bond acceptors (Lipinski definition) is 5. The van der Waals surface area contributed by atoms with Crippen LogP contribution in [-0.2, 0) is 6.54 Å². The Hall–Kier alpha value is -1.86. The van der Waals surface area contributed by atoms with E-state index < -0.39 is 0 Å². The molecule has 4 rings (SSSR count). The first kappa shape index (κ1) is 18.5. The molecule has 0 bridgehead atoms. The number of nitrogens with zero attached hydrogens (tertiary/aromatic N) is 3. The van der Waals surface area contributed by atoms with Crippen molar-refractivity contribution in [2.24, 2.45) is 5.92 Å². The van der Waals surface area contributed by atoms with Crippen LogP contribution in [0.4, 0.5) is 4.39 Å². The third-order valence-electron chi connectivity index (χ3n) is 5.65. The highest BCUT2D eigenvalue weighted by molar-refractivity contribution is 5.21. The maximum atomic E-state index is 13.2. The summed E-state index contributed by atoms with van der Waals surface area (Å²) >= 11 is 0. The zero-order valence-corrected chi connectivity index (χ0v) is 15.6. The molecule has 144 valence electrons. The molecule has 2 aromatic rings. The van der Waals surface area contributed by atoms with Crippen LogP contribution in [0.2, 0.25) is 0 Å². The van der Waals surface area contributed by atoms with Gasteiger partial charge in [-0.3, -0.25) is 15.3 Å². The lowest BCUT2D eigenvalue weighted by Gasteiger charge is -2.27. The molecule has 5 nitrogen and oxygen atoms in total. The van der Waals surface area contributed by atoms with E-state index in [0.717, 1.165) is 51.4 Å². The number of hydrazine groups is 1. The first-order valence-corrected chi connectivity index (χ1v) is 9.85. The summed E-state index contributed by atoms with van der Waals surface area (Å²) in [6.07, 6.45) is 4.93. The van der Waals surface area contributed by atoms with E-state index in [2.05, 4.69) is 37.8 Å². The molecule has 1 aromatic heterocycles. The van der Waals surface area contributed by atoms with E-state index >= 15 is 0 Å². The van der Waals surface area contributed by atoms with Crippen molar-refractivity contribution in [1.29, 1.82) is 0 Å². The van der Waals surface area contributed by atoms with Crippen molar-refractivity contribution in [3.05, 3.63) is 65.7 Å². The SMILES string of the molecule is Fc1ccc(C2NNCC2CN2CCCN(Cc3ccncc3)CC2)cc1. The van der Waals surface area contributed by atoms with E-state index in [0.29, 0.717) is 5.92 Å². The molecular formula is C21H28FN5. The number of nitrogens with one attached hydrogen (secondary N) is 2. The molecular weight excluding hydrogens is 341 g/mol. The van der Waals surface area contributed by atoms with Gasteiger partial charge in [0.1, 0.15) is 5.82 Å². The molecule has 2 atom stereocenters. The third-order valence-corrected chi connectivity index (χ3v) is 5.65. The molecule has 2 aliphatic heterocycles. The summed E-state index contributed by atoms with van der Waals surface area (Å²) in [5.74, 6) is 0.310. The average molecular weight is 369 g/mol. The molecule has 0 spiro atoms. The van der Waals surface area contributed by atoms with Crippen LogP contribution in [0.15, 0.2) is 48.8 Å². The zero-order chi connectivity index (χ0) is 18.5. The molecule has 1 aromatic carbocycles. The van der Waals surface area contributed by atoms with E-state index in [1.54, 1.807) is 12.1 Å². The minimum atomic E-state index is -0.178. The van der Waals surface area contributed by atoms with Crippen molar-refractivity contribution in [2.45, 2.75) is 19.0 Å². The van der Waals surface area contributed by atoms with Gasteiger partial charge in [0, 0.05) is 51.0 Å². The average Bonchev–Trinajstić information content (AvgIpc) is 3.04. The predicted molar refractivity (Wildman–Crippen MR) is 104 cm³/mol. The summed E-state index contributed by atoms with van der Waals surface area (Å²) in [4.78, 5) is 9.23. The summed E-state index contributed by atoms with van der Waals surface area (Å²) in [6.45, 7) is 7.47. The Morgan fingerprint density at radius 2 is 1.70 bits per heavy atom. The Kier molecular flexibility index (Phi) is 6.09. The summed E-state index contributed by atoms with van der Waals surface area (Å²) in [6, 6.07) is 11.3. The second-order valence-corrected chi connectivity index (χ2v) is 7.60. The molecule has 3 heterocycles. The fourth-order valence-corrected chi connectivity index (χ4v) is 4.17. The van der Waals surface area contributed by atoms with Crippen LogP contribution in [-0.4, -0.2) is 54.1 Å². The summed E-state index contributed by atoms with van der Waals surface area (Å²) in [7, 11) is 0. The molecule has 2 aliphatic rings. The van der Waals surface area contributed by atoms with Crippen molar-refractivity contribution >= 4 is 0 Å². The number of rotatable bonds is 5. The molecule has 0 saturated carbocycles. The van der Waals surface area contributed by atoms with Gasteiger partial charge in [-0.2, -0.15) is 0 Å². The summed E-state index contributed by atoms with van der Waals surface area (Å²) < 4.78 is 13.2. The molecule has 0 amide bonds. The smallest absolute Gasteiger partial charge is 0.123 e. The van der Waals surface area contributed by atoms with Crippen molar-refractivity contribution in [3.8, 4) is 0 Å². The van der Waals surface area contributed by atoms with Crippen molar-refractivity contribution in [3.63, 3.8) is 0 Å². The predicted octanol–water partition coefficient (Wildman–Crippen LogP) is 2.19. The molecule has 2 unspecified atom stereocenters. The second kappa shape index (κ2) is 8.89. The van der Waals surface area contributed by atoms with Crippen LogP contribution in [0, 0.1) is 11.7 Å². The van der Waals surface area contributed by atoms with Crippen LogP contribution in [0.3, 0.4) is 0 Å². The number of benzene rings is 1. The Labute approximate surface area is 160 Å². The van der Waals surface area contributed by atoms with Crippen LogP contribution >= 0.6 is 0 Å². The van der Waals surface area contributed by atoms with E-state index in [9.17, 15) is 4.39 Å². The van der Waals surface area contributed by atoms with E-state index in [1.807, 2.05) is 24.5 Å². The van der Waals surface area contributed by atoms with Crippen LogP contribution in [0.5, 0.6) is 0 Å². The van der Waals surface area contributed by atoms with Gasteiger partial charge in [0.15, 0.2) is 0 Å². The van der Waals surface area contributed by atoms with Gasteiger partial charge >= 0.3 is 0 Å². The van der Waals surface area contributed by atoms with Crippen LogP contribution in [0.1, 0.15) is 23.6 Å². The second-order valence-electron chi connectivity index (χ2n) is 7.60. The Balaban J connectivity index is 1.32. The van der Waals surface area contributed by atoms with Crippen molar-refractivity contribution in [2.75, 3.05) is 39.3 Å². The van der Waals surface area contributed by atoms with Gasteiger partial charge in [-0.15, -0.1) is 0 Å². The Bertz CT molecular complexity index is 708. The topological polar surface area (TPSA) is 43.4 Å². The molecule has 0 aliphatic carbocycles. The largest absolute Gasteiger partial charge is 0.302 e. The lowest BCUT2D eigenvalue weighted by Crippen LogP contribution is -2.36. The van der Waals surface area contributed by atoms with Gasteiger partial charge in [0.05, 0.1) is 6.04 Å². The number of halogens is 1. The van der Waals surface area contributed by atoms with Crippen molar-refractivity contribution in [1.82, 2.24) is 25.6 Å². The highest BCUT2D eigenvalue weighted by Gasteiger charge is 2.30. The minimum absolute atomic E-state index is 0.178. The fourth-order valence-electron chi connectivity index (χ4n) is 4.17. The molecule has 6 heteroatoms. The minimum Gasteiger partial charge on any atom is -0.302 e. The number of pyridine rings is 1. The molecule has 0 radical (unpaired) electrons. The molecule has 2 fully saturated rings. The lowest BCUT2D eigenvalue weighted by atomic mass is 9.94. The molecule has 27 heavy (non-hydrogen) atoms. The van der Waals surface area contributed by atoms with E-state index in [4.69, 9.17) is 0 Å². The van der Waals surface area contributed by atoms with Gasteiger partial charge in [-0.1, -0.05) is 12.1 Å². The fraction of sp³-hybridized carbons (Fsp3) is 0.476. The maximum absolute atomic E-state index is 13.2. The standard InChI is InChI=1S/C21H28FN5/c22-20-4-2-18(3-5-20)21-19(14-24-25-21)16-27-11-1-10-26(12-13-27)15-17-6-8-23-9-7-17/h2-9,19,21,24-25H,1,10-16H2. The summed E-state index contributed by atoms with van der Waals surface area (Å²) in [5.41, 5.74) is 9.15. The highest BCUT2D eigenvalue weighted by atomic mass is 19.1. The Morgan fingerprint density at radius 3 is 2.52 bits per heavy atom. The van der Waals surface area contributed by atoms with Crippen LogP contribution in [0.25, 0.3) is 0 Å². The quantitative estimate of drug-likeness (QED) is 0.846. The van der Waals surface area contributed by atoms with Gasteiger partial charge in [0.2, 0.25) is 0 Å². The highest BCUT2D eigenvalue weighted by Crippen LogP contribution is 2.26. The van der Waals surface area contributed by atoms with E-state index in [-0.39, 0.29) is 11.9 Å². The normalized spacial score (nSPS) is 24.8. The lowest BCUT2D eigenvalue weighted by molar-refractivity contribution is 0.221. The van der Waals surface area contributed by atoms with Crippen LogP contribution < -0.4 is 10.9 Å². The van der Waals surface area contributed by atoms with Gasteiger partial charge in [-0.25, -0.2) is 9.82 Å². The monoisotopic (exact) mass is 369 g/mol. The third kappa shape index (κ3) is 4.90. The van der Waals surface area contributed by atoms with E-state index in [1.165, 1.54) is 12.0 Å². The van der Waals surface area contributed by atoms with Gasteiger partial charge in [-0.05, 0) is 54.9 Å². The van der Waals surface area contributed by atoms with Gasteiger partial charge < -0.3 is 4.90 Å². The summed E-state index contributed by atoms with van der Waals surface area (Å²) in [5, 5.41) is 0. The first-order chi connectivity index (χ1) is 13.3. The molecule has 2 saturated heterocycles.